The number of carbonyl (C=O) groups excluding carboxylic acids is 2. The van der Waals surface area contributed by atoms with Crippen LogP contribution < -0.4 is 5.32 Å². The van der Waals surface area contributed by atoms with Gasteiger partial charge in [-0.25, -0.2) is 0 Å². The largest absolute Gasteiger partial charge is 0.348 e. The summed E-state index contributed by atoms with van der Waals surface area (Å²) in [5.41, 5.74) is 1.88. The van der Waals surface area contributed by atoms with Crippen molar-refractivity contribution in [1.29, 1.82) is 0 Å². The van der Waals surface area contributed by atoms with Gasteiger partial charge in [0, 0.05) is 13.5 Å². The Labute approximate surface area is 105 Å². The van der Waals surface area contributed by atoms with Gasteiger partial charge in [-0.05, 0) is 17.7 Å². The van der Waals surface area contributed by atoms with Crippen molar-refractivity contribution in [2.75, 3.05) is 0 Å². The Bertz CT molecular complexity index is 558. The van der Waals surface area contributed by atoms with E-state index in [2.05, 4.69) is 10.3 Å². The Morgan fingerprint density at radius 2 is 1.72 bits per heavy atom. The number of benzene rings is 1. The third-order valence-corrected chi connectivity index (χ3v) is 2.61. The van der Waals surface area contributed by atoms with Crippen molar-refractivity contribution in [3.05, 3.63) is 59.4 Å². The molecule has 2 rings (SSSR count). The molecule has 0 unspecified atom stereocenters. The van der Waals surface area contributed by atoms with Crippen LogP contribution in [0.5, 0.6) is 0 Å². The molecule has 0 fully saturated rings. The molecule has 0 saturated carbocycles. The van der Waals surface area contributed by atoms with E-state index in [9.17, 15) is 9.59 Å². The third-order valence-electron chi connectivity index (χ3n) is 2.61. The molecular formula is C14H14N2O2. The molecule has 0 bridgehead atoms. The van der Waals surface area contributed by atoms with E-state index in [0.717, 1.165) is 5.56 Å². The summed E-state index contributed by atoms with van der Waals surface area (Å²) in [6, 6.07) is 12.9. The normalized spacial score (nSPS) is 10.1. The van der Waals surface area contributed by atoms with Gasteiger partial charge < -0.3 is 10.3 Å². The van der Waals surface area contributed by atoms with Gasteiger partial charge in [-0.15, -0.1) is 0 Å². The van der Waals surface area contributed by atoms with E-state index in [1.807, 2.05) is 30.3 Å². The summed E-state index contributed by atoms with van der Waals surface area (Å²) in [6.45, 7) is 1.92. The van der Waals surface area contributed by atoms with E-state index in [-0.39, 0.29) is 11.7 Å². The Kier molecular flexibility index (Phi) is 3.57. The number of aromatic amines is 1. The Balaban J connectivity index is 1.97. The van der Waals surface area contributed by atoms with E-state index in [4.69, 9.17) is 0 Å². The maximum absolute atomic E-state index is 11.8. The molecule has 1 heterocycles. The first kappa shape index (κ1) is 12.1. The van der Waals surface area contributed by atoms with Crippen LogP contribution in [0.4, 0.5) is 0 Å². The number of H-pyrrole nitrogens is 1. The zero-order valence-electron chi connectivity index (χ0n) is 10.1. The molecule has 0 atom stereocenters. The maximum Gasteiger partial charge on any atom is 0.267 e. The van der Waals surface area contributed by atoms with Crippen LogP contribution in [-0.4, -0.2) is 16.7 Å². The second-order valence-corrected chi connectivity index (χ2v) is 4.01. The summed E-state index contributed by atoms with van der Waals surface area (Å²) in [5, 5.41) is 2.79. The summed E-state index contributed by atoms with van der Waals surface area (Å²) in [4.78, 5) is 25.7. The molecule has 1 amide bonds. The number of hydrogen-bond acceptors (Lipinski definition) is 2. The first-order chi connectivity index (χ1) is 8.66. The fourth-order valence-corrected chi connectivity index (χ4v) is 1.61. The van der Waals surface area contributed by atoms with Gasteiger partial charge in [-0.2, -0.15) is 0 Å². The minimum atomic E-state index is -0.216. The van der Waals surface area contributed by atoms with Crippen LogP contribution in [0.2, 0.25) is 0 Å². The molecule has 4 nitrogen and oxygen atoms in total. The topological polar surface area (TPSA) is 62.0 Å². The predicted octanol–water partition coefficient (Wildman–Crippen LogP) is 2.15. The molecule has 0 spiro atoms. The number of carbonyl (C=O) groups is 2. The first-order valence-corrected chi connectivity index (χ1v) is 5.69. The molecule has 0 radical (unpaired) electrons. The smallest absolute Gasteiger partial charge is 0.267 e. The standard InChI is InChI=1S/C14H14N2O2/c1-10(17)12-7-8-13(16-12)14(18)15-9-11-5-3-2-4-6-11/h2-8,16H,9H2,1H3,(H,15,18). The van der Waals surface area contributed by atoms with E-state index >= 15 is 0 Å². The quantitative estimate of drug-likeness (QED) is 0.807. The van der Waals surface area contributed by atoms with E-state index in [1.165, 1.54) is 6.92 Å². The lowest BCUT2D eigenvalue weighted by molar-refractivity contribution is 0.0946. The minimum absolute atomic E-state index is 0.0860. The molecule has 0 saturated heterocycles. The fraction of sp³-hybridized carbons (Fsp3) is 0.143. The van der Waals surface area contributed by atoms with Crippen LogP contribution in [0.15, 0.2) is 42.5 Å². The van der Waals surface area contributed by atoms with Crippen LogP contribution in [-0.2, 0) is 6.54 Å². The number of nitrogens with one attached hydrogen (secondary N) is 2. The average Bonchev–Trinajstić information content (AvgIpc) is 2.87. The zero-order chi connectivity index (χ0) is 13.0. The lowest BCUT2D eigenvalue weighted by Gasteiger charge is -2.03. The molecule has 1 aromatic carbocycles. The molecule has 2 aromatic rings. The number of aromatic nitrogens is 1. The molecule has 92 valence electrons. The van der Waals surface area contributed by atoms with E-state index in [0.29, 0.717) is 17.9 Å². The number of ketones is 1. The number of amides is 1. The molecule has 4 heteroatoms. The van der Waals surface area contributed by atoms with Crippen LogP contribution in [0, 0.1) is 0 Å². The monoisotopic (exact) mass is 242 g/mol. The maximum atomic E-state index is 11.8. The Morgan fingerprint density at radius 1 is 1.06 bits per heavy atom. The van der Waals surface area contributed by atoms with E-state index < -0.39 is 0 Å². The average molecular weight is 242 g/mol. The highest BCUT2D eigenvalue weighted by Gasteiger charge is 2.09. The van der Waals surface area contributed by atoms with Crippen molar-refractivity contribution in [3.63, 3.8) is 0 Å². The first-order valence-electron chi connectivity index (χ1n) is 5.69. The number of rotatable bonds is 4. The van der Waals surface area contributed by atoms with Gasteiger partial charge >= 0.3 is 0 Å². The third kappa shape index (κ3) is 2.85. The van der Waals surface area contributed by atoms with Crippen molar-refractivity contribution in [3.8, 4) is 0 Å². The van der Waals surface area contributed by atoms with Crippen molar-refractivity contribution >= 4 is 11.7 Å². The van der Waals surface area contributed by atoms with Gasteiger partial charge in [0.1, 0.15) is 5.69 Å². The number of Topliss-reactive ketones (excluding diaryl/α,β-unsaturated/α-hetero) is 1. The van der Waals surface area contributed by atoms with Gasteiger partial charge in [0.15, 0.2) is 5.78 Å². The van der Waals surface area contributed by atoms with Crippen LogP contribution in [0.25, 0.3) is 0 Å². The molecule has 18 heavy (non-hydrogen) atoms. The second kappa shape index (κ2) is 5.31. The van der Waals surface area contributed by atoms with Gasteiger partial charge in [-0.3, -0.25) is 9.59 Å². The summed E-state index contributed by atoms with van der Waals surface area (Å²) in [5.74, 6) is -0.302. The highest BCUT2D eigenvalue weighted by molar-refractivity contribution is 5.97. The molecule has 1 aromatic heterocycles. The highest BCUT2D eigenvalue weighted by Crippen LogP contribution is 2.03. The predicted molar refractivity (Wildman–Crippen MR) is 68.4 cm³/mol. The second-order valence-electron chi connectivity index (χ2n) is 4.01. The molecular weight excluding hydrogens is 228 g/mol. The summed E-state index contributed by atoms with van der Waals surface area (Å²) < 4.78 is 0. The van der Waals surface area contributed by atoms with Crippen molar-refractivity contribution in [2.45, 2.75) is 13.5 Å². The van der Waals surface area contributed by atoms with Gasteiger partial charge in [-0.1, -0.05) is 30.3 Å². The lowest BCUT2D eigenvalue weighted by Crippen LogP contribution is -2.23. The summed E-state index contributed by atoms with van der Waals surface area (Å²) in [7, 11) is 0. The van der Waals surface area contributed by atoms with E-state index in [1.54, 1.807) is 12.1 Å². The van der Waals surface area contributed by atoms with Crippen molar-refractivity contribution in [1.82, 2.24) is 10.3 Å². The Hall–Kier alpha value is -2.36. The lowest BCUT2D eigenvalue weighted by atomic mass is 10.2. The Morgan fingerprint density at radius 3 is 2.33 bits per heavy atom. The number of hydrogen-bond donors (Lipinski definition) is 2. The minimum Gasteiger partial charge on any atom is -0.348 e. The molecule has 0 aliphatic carbocycles. The SMILES string of the molecule is CC(=O)c1ccc(C(=O)NCc2ccccc2)[nH]1. The highest BCUT2D eigenvalue weighted by atomic mass is 16.2. The van der Waals surface area contributed by atoms with Crippen LogP contribution in [0.1, 0.15) is 33.5 Å². The molecule has 0 aliphatic rings. The van der Waals surface area contributed by atoms with Gasteiger partial charge in [0.25, 0.3) is 5.91 Å². The van der Waals surface area contributed by atoms with Crippen molar-refractivity contribution in [2.24, 2.45) is 0 Å². The zero-order valence-corrected chi connectivity index (χ0v) is 10.1. The molecule has 0 aliphatic heterocycles. The van der Waals surface area contributed by atoms with Gasteiger partial charge in [0.05, 0.1) is 5.69 Å². The van der Waals surface area contributed by atoms with Gasteiger partial charge in [0.2, 0.25) is 0 Å². The van der Waals surface area contributed by atoms with Crippen LogP contribution in [0.3, 0.4) is 0 Å². The fourth-order valence-electron chi connectivity index (χ4n) is 1.61. The summed E-state index contributed by atoms with van der Waals surface area (Å²) in [6.07, 6.45) is 0. The molecule has 2 N–H and O–H groups in total. The van der Waals surface area contributed by atoms with Crippen molar-refractivity contribution < 1.29 is 9.59 Å². The summed E-state index contributed by atoms with van der Waals surface area (Å²) >= 11 is 0. The van der Waals surface area contributed by atoms with Crippen LogP contribution >= 0.6 is 0 Å².